The minimum Gasteiger partial charge on any atom is -0.480 e. The van der Waals surface area contributed by atoms with Crippen LogP contribution < -0.4 is 0 Å². The van der Waals surface area contributed by atoms with Crippen molar-refractivity contribution < 1.29 is 9.90 Å². The summed E-state index contributed by atoms with van der Waals surface area (Å²) in [5.74, 6) is -0.746. The fourth-order valence-corrected chi connectivity index (χ4v) is 2.75. The van der Waals surface area contributed by atoms with Crippen LogP contribution in [0.1, 0.15) is 25.5 Å². The van der Waals surface area contributed by atoms with Crippen molar-refractivity contribution in [3.63, 3.8) is 0 Å². The van der Waals surface area contributed by atoms with Crippen LogP contribution in [0.15, 0.2) is 24.3 Å². The summed E-state index contributed by atoms with van der Waals surface area (Å²) in [6.07, 6.45) is 0. The molecule has 0 aliphatic carbocycles. The summed E-state index contributed by atoms with van der Waals surface area (Å²) in [5, 5.41) is 9.80. The van der Waals surface area contributed by atoms with Gasteiger partial charge in [0.2, 0.25) is 0 Å². The Kier molecular flexibility index (Phi) is 5.02. The van der Waals surface area contributed by atoms with E-state index in [1.54, 1.807) is 6.92 Å². The first-order valence-electron chi connectivity index (χ1n) is 6.95. The zero-order valence-electron chi connectivity index (χ0n) is 11.9. The van der Waals surface area contributed by atoms with E-state index in [2.05, 4.69) is 24.0 Å². The number of halogens is 1. The average Bonchev–Trinajstić information content (AvgIpc) is 2.46. The molecule has 1 aliphatic heterocycles. The van der Waals surface area contributed by atoms with Crippen molar-refractivity contribution in [3.8, 4) is 0 Å². The van der Waals surface area contributed by atoms with E-state index in [1.807, 2.05) is 17.0 Å². The van der Waals surface area contributed by atoms with Gasteiger partial charge in [0.25, 0.3) is 0 Å². The van der Waals surface area contributed by atoms with E-state index >= 15 is 0 Å². The number of hydrogen-bond donors (Lipinski definition) is 1. The van der Waals surface area contributed by atoms with Gasteiger partial charge in [-0.2, -0.15) is 0 Å². The van der Waals surface area contributed by atoms with Crippen LogP contribution in [0.2, 0.25) is 5.02 Å². The summed E-state index contributed by atoms with van der Waals surface area (Å²) in [6, 6.07) is 7.86. The Morgan fingerprint density at radius 3 is 2.10 bits per heavy atom. The number of carboxylic acids is 1. The molecule has 0 spiro atoms. The number of aliphatic carboxylic acids is 1. The molecular formula is C15H21ClN2O2. The van der Waals surface area contributed by atoms with Gasteiger partial charge in [-0.05, 0) is 31.5 Å². The van der Waals surface area contributed by atoms with Crippen molar-refractivity contribution in [3.05, 3.63) is 34.9 Å². The van der Waals surface area contributed by atoms with E-state index in [-0.39, 0.29) is 0 Å². The van der Waals surface area contributed by atoms with Gasteiger partial charge in [-0.15, -0.1) is 0 Å². The highest BCUT2D eigenvalue weighted by Gasteiger charge is 2.27. The Bertz CT molecular complexity index is 455. The van der Waals surface area contributed by atoms with Gasteiger partial charge in [0.15, 0.2) is 0 Å². The predicted molar refractivity (Wildman–Crippen MR) is 80.1 cm³/mol. The van der Waals surface area contributed by atoms with Gasteiger partial charge in [-0.1, -0.05) is 23.7 Å². The smallest absolute Gasteiger partial charge is 0.320 e. The molecule has 0 amide bonds. The molecule has 0 radical (unpaired) electrons. The van der Waals surface area contributed by atoms with Gasteiger partial charge < -0.3 is 5.11 Å². The highest BCUT2D eigenvalue weighted by atomic mass is 35.5. The second-order valence-corrected chi connectivity index (χ2v) is 5.75. The van der Waals surface area contributed by atoms with Crippen LogP contribution in [-0.4, -0.2) is 53.1 Å². The molecule has 2 unspecified atom stereocenters. The Hall–Kier alpha value is -1.10. The Morgan fingerprint density at radius 2 is 1.60 bits per heavy atom. The Morgan fingerprint density at radius 1 is 1.10 bits per heavy atom. The van der Waals surface area contributed by atoms with E-state index in [0.29, 0.717) is 6.04 Å². The number of nitrogens with zero attached hydrogens (tertiary/aromatic N) is 2. The normalized spacial score (nSPS) is 20.6. The van der Waals surface area contributed by atoms with Crippen molar-refractivity contribution in [1.82, 2.24) is 9.80 Å². The van der Waals surface area contributed by atoms with Crippen molar-refractivity contribution in [2.45, 2.75) is 25.9 Å². The van der Waals surface area contributed by atoms with E-state index in [4.69, 9.17) is 16.7 Å². The molecule has 1 saturated heterocycles. The predicted octanol–water partition coefficient (Wildman–Crippen LogP) is 2.49. The van der Waals surface area contributed by atoms with E-state index in [9.17, 15) is 4.79 Å². The zero-order valence-corrected chi connectivity index (χ0v) is 12.7. The molecule has 0 bridgehead atoms. The third-order valence-electron chi connectivity index (χ3n) is 4.15. The topological polar surface area (TPSA) is 43.8 Å². The number of rotatable bonds is 4. The summed E-state index contributed by atoms with van der Waals surface area (Å²) < 4.78 is 0. The van der Waals surface area contributed by atoms with Crippen LogP contribution in [0.3, 0.4) is 0 Å². The first-order valence-corrected chi connectivity index (χ1v) is 7.33. The van der Waals surface area contributed by atoms with Crippen LogP contribution in [0, 0.1) is 0 Å². The van der Waals surface area contributed by atoms with Crippen molar-refractivity contribution in [2.24, 2.45) is 0 Å². The lowest BCUT2D eigenvalue weighted by molar-refractivity contribution is -0.143. The summed E-state index contributed by atoms with van der Waals surface area (Å²) in [7, 11) is 0. The number of carboxylic acid groups (broad SMARTS) is 1. The molecule has 1 aromatic rings. The third-order valence-corrected chi connectivity index (χ3v) is 4.41. The van der Waals surface area contributed by atoms with E-state index < -0.39 is 12.0 Å². The molecule has 1 fully saturated rings. The number of hydrogen-bond acceptors (Lipinski definition) is 3. The molecule has 5 heteroatoms. The lowest BCUT2D eigenvalue weighted by Gasteiger charge is -2.39. The van der Waals surface area contributed by atoms with E-state index in [1.165, 1.54) is 5.56 Å². The maximum absolute atomic E-state index is 11.0. The number of piperazine rings is 1. The first-order chi connectivity index (χ1) is 9.49. The molecule has 20 heavy (non-hydrogen) atoms. The van der Waals surface area contributed by atoms with Gasteiger partial charge in [-0.25, -0.2) is 0 Å². The Labute approximate surface area is 124 Å². The molecule has 110 valence electrons. The van der Waals surface area contributed by atoms with Crippen LogP contribution in [0.25, 0.3) is 0 Å². The second kappa shape index (κ2) is 6.57. The van der Waals surface area contributed by atoms with Crippen LogP contribution in [-0.2, 0) is 4.79 Å². The van der Waals surface area contributed by atoms with Crippen LogP contribution in [0.4, 0.5) is 0 Å². The molecule has 2 atom stereocenters. The summed E-state index contributed by atoms with van der Waals surface area (Å²) in [4.78, 5) is 15.4. The monoisotopic (exact) mass is 296 g/mol. The van der Waals surface area contributed by atoms with Crippen molar-refractivity contribution in [2.75, 3.05) is 26.2 Å². The summed E-state index contributed by atoms with van der Waals surface area (Å²) >= 11 is 5.91. The molecule has 0 aromatic heterocycles. The fourth-order valence-electron chi connectivity index (χ4n) is 2.62. The van der Waals surface area contributed by atoms with Crippen LogP contribution >= 0.6 is 11.6 Å². The minimum absolute atomic E-state index is 0.328. The Balaban J connectivity index is 1.93. The second-order valence-electron chi connectivity index (χ2n) is 5.31. The fraction of sp³-hybridized carbons (Fsp3) is 0.533. The molecule has 0 saturated carbocycles. The van der Waals surface area contributed by atoms with Crippen molar-refractivity contribution in [1.29, 1.82) is 0 Å². The first kappa shape index (κ1) is 15.3. The number of carbonyl (C=O) groups is 1. The lowest BCUT2D eigenvalue weighted by Crippen LogP contribution is -2.52. The molecule has 4 nitrogen and oxygen atoms in total. The quantitative estimate of drug-likeness (QED) is 0.927. The highest BCUT2D eigenvalue weighted by Crippen LogP contribution is 2.23. The van der Waals surface area contributed by atoms with Crippen molar-refractivity contribution >= 4 is 17.6 Å². The number of benzene rings is 1. The average molecular weight is 297 g/mol. The third kappa shape index (κ3) is 3.51. The molecule has 1 aliphatic rings. The van der Waals surface area contributed by atoms with Gasteiger partial charge in [0.1, 0.15) is 6.04 Å². The van der Waals surface area contributed by atoms with Gasteiger partial charge >= 0.3 is 5.97 Å². The molecule has 1 aromatic carbocycles. The molecule has 1 N–H and O–H groups in total. The minimum atomic E-state index is -0.746. The largest absolute Gasteiger partial charge is 0.480 e. The van der Waals surface area contributed by atoms with Gasteiger partial charge in [-0.3, -0.25) is 14.6 Å². The molecule has 2 rings (SSSR count). The highest BCUT2D eigenvalue weighted by molar-refractivity contribution is 6.30. The summed E-state index contributed by atoms with van der Waals surface area (Å²) in [5.41, 5.74) is 1.24. The maximum Gasteiger partial charge on any atom is 0.320 e. The zero-order chi connectivity index (χ0) is 14.7. The lowest BCUT2D eigenvalue weighted by atomic mass is 10.1. The molecule has 1 heterocycles. The SMILES string of the molecule is CC(C(=O)O)N1CCN(C(C)c2ccc(Cl)cc2)CC1. The van der Waals surface area contributed by atoms with Gasteiger partial charge in [0.05, 0.1) is 0 Å². The summed E-state index contributed by atoms with van der Waals surface area (Å²) in [6.45, 7) is 7.31. The molecular weight excluding hydrogens is 276 g/mol. The van der Waals surface area contributed by atoms with Crippen LogP contribution in [0.5, 0.6) is 0 Å². The van der Waals surface area contributed by atoms with Gasteiger partial charge in [0, 0.05) is 37.2 Å². The van der Waals surface area contributed by atoms with E-state index in [0.717, 1.165) is 31.2 Å². The maximum atomic E-state index is 11.0. The standard InChI is InChI=1S/C15H21ClN2O2/c1-11(13-3-5-14(16)6-4-13)17-7-9-18(10-8-17)12(2)15(19)20/h3-6,11-12H,7-10H2,1-2H3,(H,19,20).